The minimum Gasteiger partial charge on any atom is -0.393 e. The summed E-state index contributed by atoms with van der Waals surface area (Å²) in [4.78, 5) is 14.9. The van der Waals surface area contributed by atoms with Crippen molar-refractivity contribution in [3.63, 3.8) is 0 Å². The summed E-state index contributed by atoms with van der Waals surface area (Å²) in [5.74, 6) is 2.03. The molecule has 2 N–H and O–H groups in total. The van der Waals surface area contributed by atoms with Gasteiger partial charge in [-0.05, 0) is 43.2 Å². The third kappa shape index (κ3) is 5.82. The van der Waals surface area contributed by atoms with E-state index in [9.17, 15) is 5.11 Å². The lowest BCUT2D eigenvalue weighted by Crippen LogP contribution is -2.46. The molecule has 0 radical (unpaired) electrons. The molecule has 198 valence electrons. The van der Waals surface area contributed by atoms with Crippen molar-refractivity contribution in [3.05, 3.63) is 42.2 Å². The van der Waals surface area contributed by atoms with Gasteiger partial charge >= 0.3 is 0 Å². The number of thioether (sulfide) groups is 1. The van der Waals surface area contributed by atoms with Crippen LogP contribution in [0.2, 0.25) is 0 Å². The van der Waals surface area contributed by atoms with Crippen LogP contribution in [0.1, 0.15) is 57.1 Å². The molecule has 2 saturated heterocycles. The molecular weight excluding hydrogens is 480 g/mol. The summed E-state index contributed by atoms with van der Waals surface area (Å²) in [7, 11) is 0. The third-order valence-corrected chi connectivity index (χ3v) is 9.18. The summed E-state index contributed by atoms with van der Waals surface area (Å²) in [5, 5.41) is 15.4. The van der Waals surface area contributed by atoms with Crippen LogP contribution in [0.5, 0.6) is 0 Å². The predicted molar refractivity (Wildman–Crippen MR) is 153 cm³/mol. The molecule has 0 spiro atoms. The van der Waals surface area contributed by atoms with Crippen LogP contribution in [-0.4, -0.2) is 79.4 Å². The van der Waals surface area contributed by atoms with Gasteiger partial charge in [-0.25, -0.2) is 4.98 Å². The number of rotatable bonds is 9. The van der Waals surface area contributed by atoms with Crippen LogP contribution in [0, 0.1) is 0 Å². The largest absolute Gasteiger partial charge is 0.393 e. The fourth-order valence-corrected chi connectivity index (χ4v) is 6.57. The highest BCUT2D eigenvalue weighted by Crippen LogP contribution is 2.37. The Kier molecular flexibility index (Phi) is 7.70. The van der Waals surface area contributed by atoms with E-state index < -0.39 is 0 Å². The number of benzene rings is 1. The molecular formula is C29H40N6OS. The Labute approximate surface area is 224 Å². The van der Waals surface area contributed by atoms with E-state index in [1.165, 1.54) is 35.5 Å². The fourth-order valence-electron chi connectivity index (χ4n) is 5.85. The number of nitrogens with zero attached hydrogens (tertiary/aromatic N) is 5. The highest BCUT2D eigenvalue weighted by molar-refractivity contribution is 8.06. The highest BCUT2D eigenvalue weighted by Gasteiger charge is 2.32. The van der Waals surface area contributed by atoms with Gasteiger partial charge in [0.05, 0.1) is 11.5 Å². The van der Waals surface area contributed by atoms with Crippen molar-refractivity contribution < 1.29 is 5.11 Å². The molecule has 1 atom stereocenters. The Morgan fingerprint density at radius 2 is 1.81 bits per heavy atom. The first-order valence-electron chi connectivity index (χ1n) is 14.1. The Bertz CT molecular complexity index is 1180. The van der Waals surface area contributed by atoms with Crippen LogP contribution >= 0.6 is 11.8 Å². The monoisotopic (exact) mass is 520 g/mol. The van der Waals surface area contributed by atoms with Crippen molar-refractivity contribution in [2.45, 2.75) is 69.5 Å². The molecule has 3 fully saturated rings. The van der Waals surface area contributed by atoms with Gasteiger partial charge < -0.3 is 15.0 Å². The SMILES string of the molecule is CCCCNc1ncc2c(-c3ccc(CN4CCN(C5CS5)CC4)cc3)cn([C@H]3CC[C@H](O)CC3)c2n1. The molecule has 3 aliphatic rings. The molecule has 4 heterocycles. The molecule has 2 aromatic heterocycles. The van der Waals surface area contributed by atoms with Gasteiger partial charge in [0.1, 0.15) is 5.65 Å². The lowest BCUT2D eigenvalue weighted by atomic mass is 9.93. The van der Waals surface area contributed by atoms with Gasteiger partial charge in [0.15, 0.2) is 0 Å². The number of anilines is 1. The Morgan fingerprint density at radius 1 is 1.05 bits per heavy atom. The van der Waals surface area contributed by atoms with Gasteiger partial charge in [0, 0.05) is 74.4 Å². The first-order valence-corrected chi connectivity index (χ1v) is 15.2. The van der Waals surface area contributed by atoms with Crippen LogP contribution in [-0.2, 0) is 6.54 Å². The molecule has 0 amide bonds. The van der Waals surface area contributed by atoms with E-state index in [0.29, 0.717) is 12.0 Å². The summed E-state index contributed by atoms with van der Waals surface area (Å²) in [6.45, 7) is 8.82. The summed E-state index contributed by atoms with van der Waals surface area (Å²) < 4.78 is 2.36. The van der Waals surface area contributed by atoms with Crippen LogP contribution in [0.3, 0.4) is 0 Å². The second kappa shape index (κ2) is 11.3. The zero-order chi connectivity index (χ0) is 25.2. The summed E-state index contributed by atoms with van der Waals surface area (Å²) >= 11 is 2.08. The van der Waals surface area contributed by atoms with Crippen LogP contribution in [0.4, 0.5) is 5.95 Å². The van der Waals surface area contributed by atoms with Gasteiger partial charge in [-0.3, -0.25) is 9.80 Å². The quantitative estimate of drug-likeness (QED) is 0.305. The molecule has 0 bridgehead atoms. The van der Waals surface area contributed by atoms with Crippen LogP contribution in [0.15, 0.2) is 36.7 Å². The van der Waals surface area contributed by atoms with E-state index in [4.69, 9.17) is 4.98 Å². The van der Waals surface area contributed by atoms with Crippen molar-refractivity contribution in [1.29, 1.82) is 0 Å². The van der Waals surface area contributed by atoms with Gasteiger partial charge in [-0.1, -0.05) is 37.6 Å². The van der Waals surface area contributed by atoms with Crippen molar-refractivity contribution in [1.82, 2.24) is 24.3 Å². The molecule has 1 aromatic carbocycles. The predicted octanol–water partition coefficient (Wildman–Crippen LogP) is 4.98. The average Bonchev–Trinajstić information content (AvgIpc) is 3.71. The third-order valence-electron chi connectivity index (χ3n) is 8.25. The second-order valence-corrected chi connectivity index (χ2v) is 12.1. The number of hydrogen-bond donors (Lipinski definition) is 2. The molecule has 2 aliphatic heterocycles. The number of hydrogen-bond acceptors (Lipinski definition) is 7. The van der Waals surface area contributed by atoms with E-state index >= 15 is 0 Å². The molecule has 1 unspecified atom stereocenters. The standard InChI is InChI=1S/C29H40N6OS/c1-2-3-12-30-29-31-17-25-26(19-35(28(25)32-29)23-8-10-24(36)11-9-23)22-6-4-21(5-7-22)18-33-13-15-34(16-14-33)27-20-37-27/h4-7,17,19,23-24,27,36H,2-3,8-16,18,20H2,1H3,(H,30,31,32)/t23-,24-,27?. The van der Waals surface area contributed by atoms with Crippen molar-refractivity contribution >= 4 is 28.7 Å². The zero-order valence-corrected chi connectivity index (χ0v) is 22.8. The lowest BCUT2D eigenvalue weighted by molar-refractivity contribution is 0.111. The van der Waals surface area contributed by atoms with E-state index in [1.54, 1.807) is 0 Å². The summed E-state index contributed by atoms with van der Waals surface area (Å²) in [5.41, 5.74) is 4.79. The number of unbranched alkanes of at least 4 members (excludes halogenated alkanes) is 1. The van der Waals surface area contributed by atoms with E-state index in [0.717, 1.165) is 81.1 Å². The second-order valence-electron chi connectivity index (χ2n) is 10.9. The summed E-state index contributed by atoms with van der Waals surface area (Å²) in [6.07, 6.45) is 10.0. The first-order chi connectivity index (χ1) is 18.2. The minimum atomic E-state index is -0.165. The number of nitrogens with one attached hydrogen (secondary N) is 1. The van der Waals surface area contributed by atoms with Gasteiger partial charge in [-0.2, -0.15) is 4.98 Å². The molecule has 1 saturated carbocycles. The minimum absolute atomic E-state index is 0.165. The summed E-state index contributed by atoms with van der Waals surface area (Å²) in [6, 6.07) is 9.48. The van der Waals surface area contributed by atoms with Gasteiger partial charge in [0.2, 0.25) is 5.95 Å². The normalized spacial score (nSPS) is 25.0. The number of aliphatic hydroxyl groups is 1. The first kappa shape index (κ1) is 25.2. The number of piperazine rings is 1. The molecule has 3 aromatic rings. The maximum absolute atomic E-state index is 10.1. The van der Waals surface area contributed by atoms with Gasteiger partial charge in [-0.15, -0.1) is 11.8 Å². The number of aliphatic hydroxyl groups excluding tert-OH is 1. The van der Waals surface area contributed by atoms with E-state index in [2.05, 4.69) is 73.8 Å². The van der Waals surface area contributed by atoms with E-state index in [1.807, 2.05) is 6.20 Å². The lowest BCUT2D eigenvalue weighted by Gasteiger charge is -2.34. The van der Waals surface area contributed by atoms with Crippen LogP contribution < -0.4 is 5.32 Å². The number of fused-ring (bicyclic) bond motifs is 1. The van der Waals surface area contributed by atoms with Crippen LogP contribution in [0.25, 0.3) is 22.2 Å². The fraction of sp³-hybridized carbons (Fsp3) is 0.586. The Hall–Kier alpha value is -2.13. The smallest absolute Gasteiger partial charge is 0.224 e. The Morgan fingerprint density at radius 3 is 2.51 bits per heavy atom. The Balaban J connectivity index is 1.22. The molecule has 7 nitrogen and oxygen atoms in total. The van der Waals surface area contributed by atoms with Crippen molar-refractivity contribution in [2.24, 2.45) is 0 Å². The maximum atomic E-state index is 10.1. The maximum Gasteiger partial charge on any atom is 0.224 e. The van der Waals surface area contributed by atoms with E-state index in [-0.39, 0.29) is 6.10 Å². The van der Waals surface area contributed by atoms with Crippen molar-refractivity contribution in [3.8, 4) is 11.1 Å². The molecule has 6 rings (SSSR count). The topological polar surface area (TPSA) is 69.5 Å². The van der Waals surface area contributed by atoms with Crippen molar-refractivity contribution in [2.75, 3.05) is 43.8 Å². The highest BCUT2D eigenvalue weighted by atomic mass is 32.2. The zero-order valence-electron chi connectivity index (χ0n) is 22.0. The van der Waals surface area contributed by atoms with Gasteiger partial charge in [0.25, 0.3) is 0 Å². The molecule has 8 heteroatoms. The number of aromatic nitrogens is 3. The molecule has 37 heavy (non-hydrogen) atoms. The average molecular weight is 521 g/mol. The molecule has 1 aliphatic carbocycles.